The van der Waals surface area contributed by atoms with E-state index in [1.807, 2.05) is 0 Å². The van der Waals surface area contributed by atoms with Crippen molar-refractivity contribution >= 4 is 28.9 Å². The van der Waals surface area contributed by atoms with Crippen molar-refractivity contribution in [2.24, 2.45) is 0 Å². The number of carbonyl (C=O) groups excluding carboxylic acids is 1. The molecule has 1 aromatic carbocycles. The topological polar surface area (TPSA) is 97.2 Å². The SMILES string of the molecule is Cc1cc(C2C[C@@H](C(=O)Nc3ccnc(Cl)c3)N[C@H]2C(F)(F)F)ccc1[N+](=O)[O-]. The molecule has 0 saturated carbocycles. The zero-order valence-electron chi connectivity index (χ0n) is 15.0. The van der Waals surface area contributed by atoms with E-state index in [0.29, 0.717) is 5.69 Å². The third-order valence-corrected chi connectivity index (χ3v) is 4.99. The smallest absolute Gasteiger partial charge is 0.325 e. The quantitative estimate of drug-likeness (QED) is 0.436. The van der Waals surface area contributed by atoms with Gasteiger partial charge in [-0.15, -0.1) is 0 Å². The van der Waals surface area contributed by atoms with Crippen LogP contribution in [0.2, 0.25) is 5.15 Å². The molecule has 2 heterocycles. The summed E-state index contributed by atoms with van der Waals surface area (Å²) in [5.41, 5.74) is 0.681. The Balaban J connectivity index is 1.84. The summed E-state index contributed by atoms with van der Waals surface area (Å²) in [7, 11) is 0. The van der Waals surface area contributed by atoms with E-state index in [2.05, 4.69) is 15.6 Å². The Kier molecular flexibility index (Phi) is 5.76. The maximum atomic E-state index is 13.6. The number of carbonyl (C=O) groups is 1. The van der Waals surface area contributed by atoms with Crippen LogP contribution >= 0.6 is 11.6 Å². The van der Waals surface area contributed by atoms with Crippen LogP contribution in [0.5, 0.6) is 0 Å². The summed E-state index contributed by atoms with van der Waals surface area (Å²) in [5, 5.41) is 16.0. The highest BCUT2D eigenvalue weighted by atomic mass is 35.5. The second-order valence-corrected chi connectivity index (χ2v) is 7.13. The zero-order valence-corrected chi connectivity index (χ0v) is 15.8. The fourth-order valence-electron chi connectivity index (χ4n) is 3.45. The maximum absolute atomic E-state index is 13.6. The van der Waals surface area contributed by atoms with E-state index in [0.717, 1.165) is 0 Å². The molecule has 0 radical (unpaired) electrons. The van der Waals surface area contributed by atoms with Gasteiger partial charge in [-0.1, -0.05) is 17.7 Å². The van der Waals surface area contributed by atoms with Crippen LogP contribution in [0.25, 0.3) is 0 Å². The van der Waals surface area contributed by atoms with Crippen LogP contribution in [0.15, 0.2) is 36.5 Å². The lowest BCUT2D eigenvalue weighted by Crippen LogP contribution is -2.46. The molecule has 1 saturated heterocycles. The van der Waals surface area contributed by atoms with Gasteiger partial charge in [0.1, 0.15) is 11.2 Å². The third-order valence-electron chi connectivity index (χ3n) is 4.78. The van der Waals surface area contributed by atoms with Gasteiger partial charge in [0.2, 0.25) is 5.91 Å². The number of hydrogen-bond acceptors (Lipinski definition) is 5. The van der Waals surface area contributed by atoms with E-state index in [4.69, 9.17) is 11.6 Å². The molecule has 2 aromatic rings. The number of halogens is 4. The highest BCUT2D eigenvalue weighted by molar-refractivity contribution is 6.29. The number of pyridine rings is 1. The molecule has 1 unspecified atom stereocenters. The molecule has 1 aliphatic heterocycles. The molecule has 3 rings (SSSR count). The van der Waals surface area contributed by atoms with Gasteiger partial charge in [-0.3, -0.25) is 20.2 Å². The van der Waals surface area contributed by atoms with Gasteiger partial charge in [-0.05, 0) is 37.1 Å². The Morgan fingerprint density at radius 3 is 2.66 bits per heavy atom. The van der Waals surface area contributed by atoms with E-state index in [9.17, 15) is 28.1 Å². The molecule has 1 fully saturated rings. The van der Waals surface area contributed by atoms with Crippen molar-refractivity contribution in [1.29, 1.82) is 0 Å². The highest BCUT2D eigenvalue weighted by Gasteiger charge is 2.52. The third kappa shape index (κ3) is 4.65. The number of benzene rings is 1. The monoisotopic (exact) mass is 428 g/mol. The van der Waals surface area contributed by atoms with Crippen LogP contribution in [-0.4, -0.2) is 34.1 Å². The Labute approximate surface area is 168 Å². The van der Waals surface area contributed by atoms with E-state index in [-0.39, 0.29) is 28.4 Å². The summed E-state index contributed by atoms with van der Waals surface area (Å²) in [6.07, 6.45) is -3.36. The number of nitrogens with one attached hydrogen (secondary N) is 2. The second kappa shape index (κ2) is 7.96. The highest BCUT2D eigenvalue weighted by Crippen LogP contribution is 2.40. The Bertz CT molecular complexity index is 954. The summed E-state index contributed by atoms with van der Waals surface area (Å²) in [4.78, 5) is 26.6. The number of nitro groups is 1. The van der Waals surface area contributed by atoms with Crippen molar-refractivity contribution < 1.29 is 22.9 Å². The molecule has 1 amide bonds. The second-order valence-electron chi connectivity index (χ2n) is 6.74. The first-order valence-electron chi connectivity index (χ1n) is 8.56. The maximum Gasteiger partial charge on any atom is 0.404 e. The number of nitro benzene ring substituents is 1. The molecule has 1 aromatic heterocycles. The van der Waals surface area contributed by atoms with Crippen molar-refractivity contribution in [3.05, 3.63) is 62.9 Å². The first-order valence-corrected chi connectivity index (χ1v) is 8.94. The van der Waals surface area contributed by atoms with E-state index in [1.165, 1.54) is 43.5 Å². The Morgan fingerprint density at radius 1 is 1.34 bits per heavy atom. The lowest BCUT2D eigenvalue weighted by molar-refractivity contribution is -0.385. The summed E-state index contributed by atoms with van der Waals surface area (Å²) in [6, 6.07) is 3.65. The minimum Gasteiger partial charge on any atom is -0.325 e. The first-order chi connectivity index (χ1) is 13.6. The largest absolute Gasteiger partial charge is 0.404 e. The predicted molar refractivity (Wildman–Crippen MR) is 99.8 cm³/mol. The normalized spacial score (nSPS) is 21.8. The van der Waals surface area contributed by atoms with Crippen LogP contribution in [0.1, 0.15) is 23.5 Å². The molecule has 2 N–H and O–H groups in total. The molecule has 0 aliphatic carbocycles. The van der Waals surface area contributed by atoms with Gasteiger partial charge < -0.3 is 5.32 Å². The number of anilines is 1. The summed E-state index contributed by atoms with van der Waals surface area (Å²) in [5.74, 6) is -1.70. The average molecular weight is 429 g/mol. The molecule has 0 bridgehead atoms. The van der Waals surface area contributed by atoms with Gasteiger partial charge in [-0.25, -0.2) is 4.98 Å². The lowest BCUT2D eigenvalue weighted by Gasteiger charge is -2.22. The van der Waals surface area contributed by atoms with Crippen LogP contribution in [0.4, 0.5) is 24.5 Å². The molecule has 11 heteroatoms. The van der Waals surface area contributed by atoms with Gasteiger partial charge in [0.05, 0.1) is 11.0 Å². The van der Waals surface area contributed by atoms with Crippen molar-refractivity contribution in [2.45, 2.75) is 37.5 Å². The standard InChI is InChI=1S/C18H16ClF3N4O3/c1-9-6-10(2-3-14(9)26(28)29)12-8-13(25-16(12)18(20,21)22)17(27)24-11-4-5-23-15(19)7-11/h2-7,12-13,16,25H,8H2,1H3,(H,23,24,27)/t12?,13-,16+/m0/s1. The fraction of sp³-hybridized carbons (Fsp3) is 0.333. The summed E-state index contributed by atoms with van der Waals surface area (Å²) in [6.45, 7) is 1.46. The van der Waals surface area contributed by atoms with Gasteiger partial charge in [0.15, 0.2) is 0 Å². The van der Waals surface area contributed by atoms with Gasteiger partial charge in [-0.2, -0.15) is 13.2 Å². The molecular formula is C18H16ClF3N4O3. The number of nitrogens with zero attached hydrogens (tertiary/aromatic N) is 2. The van der Waals surface area contributed by atoms with Crippen LogP contribution in [-0.2, 0) is 4.79 Å². The predicted octanol–water partition coefficient (Wildman–Crippen LogP) is 3.97. The number of hydrogen-bond donors (Lipinski definition) is 2. The van der Waals surface area contributed by atoms with E-state index >= 15 is 0 Å². The molecular weight excluding hydrogens is 413 g/mol. The number of alkyl halides is 3. The van der Waals surface area contributed by atoms with Crippen LogP contribution < -0.4 is 10.6 Å². The van der Waals surface area contributed by atoms with E-state index in [1.54, 1.807) is 0 Å². The number of aryl methyl sites for hydroxylation is 1. The van der Waals surface area contributed by atoms with Gasteiger partial charge in [0.25, 0.3) is 5.69 Å². The minimum absolute atomic E-state index is 0.119. The van der Waals surface area contributed by atoms with Gasteiger partial charge >= 0.3 is 6.18 Å². The molecule has 29 heavy (non-hydrogen) atoms. The Morgan fingerprint density at radius 2 is 2.07 bits per heavy atom. The van der Waals surface area contributed by atoms with E-state index < -0.39 is 35.0 Å². The molecule has 0 spiro atoms. The van der Waals surface area contributed by atoms with Crippen molar-refractivity contribution in [1.82, 2.24) is 10.3 Å². The fourth-order valence-corrected chi connectivity index (χ4v) is 3.62. The lowest BCUT2D eigenvalue weighted by atomic mass is 9.89. The van der Waals surface area contributed by atoms with Crippen molar-refractivity contribution in [2.75, 3.05) is 5.32 Å². The average Bonchev–Trinajstić information content (AvgIpc) is 3.07. The summed E-state index contributed by atoms with van der Waals surface area (Å²) < 4.78 is 40.8. The summed E-state index contributed by atoms with van der Waals surface area (Å²) >= 11 is 5.75. The number of amides is 1. The zero-order chi connectivity index (χ0) is 21.3. The van der Waals surface area contributed by atoms with Crippen LogP contribution in [0, 0.1) is 17.0 Å². The van der Waals surface area contributed by atoms with Gasteiger partial charge in [0, 0.05) is 29.4 Å². The minimum atomic E-state index is -4.60. The molecule has 1 aliphatic rings. The Hall–Kier alpha value is -2.72. The number of aromatic nitrogens is 1. The van der Waals surface area contributed by atoms with Crippen molar-refractivity contribution in [3.63, 3.8) is 0 Å². The molecule has 3 atom stereocenters. The number of rotatable bonds is 4. The molecule has 154 valence electrons. The molecule has 7 nitrogen and oxygen atoms in total. The van der Waals surface area contributed by atoms with Crippen molar-refractivity contribution in [3.8, 4) is 0 Å². The first kappa shape index (κ1) is 21.0. The van der Waals surface area contributed by atoms with Crippen LogP contribution in [0.3, 0.4) is 0 Å².